The van der Waals surface area contributed by atoms with Gasteiger partial charge in [0.1, 0.15) is 6.10 Å². The summed E-state index contributed by atoms with van der Waals surface area (Å²) in [7, 11) is 1.95. The molecule has 1 aliphatic heterocycles. The molecule has 92 valence electrons. The van der Waals surface area contributed by atoms with Crippen LogP contribution in [0.3, 0.4) is 0 Å². The lowest BCUT2D eigenvalue weighted by atomic mass is 10.1. The predicted molar refractivity (Wildman–Crippen MR) is 63.5 cm³/mol. The quantitative estimate of drug-likeness (QED) is 0.590. The van der Waals surface area contributed by atoms with E-state index in [2.05, 4.69) is 4.99 Å². The maximum Gasteiger partial charge on any atom is 0.159 e. The fourth-order valence-electron chi connectivity index (χ4n) is 2.22. The summed E-state index contributed by atoms with van der Waals surface area (Å²) < 4.78 is 0. The second kappa shape index (κ2) is 4.52. The van der Waals surface area contributed by atoms with Gasteiger partial charge in [0, 0.05) is 31.4 Å². The van der Waals surface area contributed by atoms with E-state index in [1.54, 1.807) is 11.8 Å². The number of amidine groups is 1. The molecule has 1 saturated carbocycles. The largest absolute Gasteiger partial charge is 0.396 e. The third-order valence-corrected chi connectivity index (χ3v) is 4.94. The lowest BCUT2D eigenvalue weighted by Gasteiger charge is -2.20. The molecule has 0 spiro atoms. The predicted octanol–water partition coefficient (Wildman–Crippen LogP) is -0.878. The van der Waals surface area contributed by atoms with E-state index in [4.69, 9.17) is 0 Å². The van der Waals surface area contributed by atoms with Gasteiger partial charge in [0.25, 0.3) is 0 Å². The summed E-state index contributed by atoms with van der Waals surface area (Å²) in [5.41, 5.74) is 0. The van der Waals surface area contributed by atoms with E-state index in [0.717, 1.165) is 11.7 Å². The van der Waals surface area contributed by atoms with Gasteiger partial charge in [0.05, 0.1) is 12.1 Å². The summed E-state index contributed by atoms with van der Waals surface area (Å²) in [5, 5.41) is 29.7. The van der Waals surface area contributed by atoms with Gasteiger partial charge in [-0.2, -0.15) is 0 Å². The van der Waals surface area contributed by atoms with Gasteiger partial charge in [0.15, 0.2) is 5.17 Å². The summed E-state index contributed by atoms with van der Waals surface area (Å²) in [4.78, 5) is 6.45. The molecule has 0 amide bonds. The molecule has 0 aromatic carbocycles. The second-order valence-electron chi connectivity index (χ2n) is 4.33. The standard InChI is InChI=1S/C10H18N2O3S/c1-3-12(2)10-11-6-8(15)7(14)5(4-13)9(6)16-10/h5-9,13-15H,3-4H2,1-2H3/t5-,6-,7-,8-,9+/m1/s1. The van der Waals surface area contributed by atoms with Crippen molar-refractivity contribution >= 4 is 16.9 Å². The highest BCUT2D eigenvalue weighted by atomic mass is 32.2. The second-order valence-corrected chi connectivity index (χ2v) is 5.47. The topological polar surface area (TPSA) is 76.3 Å². The van der Waals surface area contributed by atoms with Gasteiger partial charge in [0.2, 0.25) is 0 Å². The van der Waals surface area contributed by atoms with Gasteiger partial charge in [-0.3, -0.25) is 4.99 Å². The first-order chi connectivity index (χ1) is 7.60. The summed E-state index contributed by atoms with van der Waals surface area (Å²) in [6.07, 6.45) is -1.71. The Labute approximate surface area is 99.2 Å². The van der Waals surface area contributed by atoms with Crippen molar-refractivity contribution in [3.8, 4) is 0 Å². The maximum atomic E-state index is 9.84. The molecule has 2 aliphatic rings. The van der Waals surface area contributed by atoms with E-state index >= 15 is 0 Å². The van der Waals surface area contributed by atoms with E-state index in [1.165, 1.54) is 0 Å². The first-order valence-corrected chi connectivity index (χ1v) is 6.40. The zero-order valence-electron chi connectivity index (χ0n) is 9.45. The summed E-state index contributed by atoms with van der Waals surface area (Å²) in [6.45, 7) is 2.78. The number of aliphatic imine (C=N–C) groups is 1. The van der Waals surface area contributed by atoms with Gasteiger partial charge < -0.3 is 20.2 Å². The molecule has 6 heteroatoms. The molecule has 0 unspecified atom stereocenters. The third-order valence-electron chi connectivity index (χ3n) is 3.41. The minimum absolute atomic E-state index is 0.000926. The molecule has 1 fully saturated rings. The molecular weight excluding hydrogens is 228 g/mol. The summed E-state index contributed by atoms with van der Waals surface area (Å²) in [5.74, 6) is -0.281. The van der Waals surface area contributed by atoms with Gasteiger partial charge in [-0.25, -0.2) is 0 Å². The van der Waals surface area contributed by atoms with Crippen molar-refractivity contribution in [2.24, 2.45) is 10.9 Å². The molecule has 0 saturated heterocycles. The van der Waals surface area contributed by atoms with Crippen LogP contribution < -0.4 is 0 Å². The molecule has 0 radical (unpaired) electrons. The minimum Gasteiger partial charge on any atom is -0.396 e. The number of nitrogens with zero attached hydrogens (tertiary/aromatic N) is 2. The molecular formula is C10H18N2O3S. The molecule has 1 aliphatic carbocycles. The van der Waals surface area contributed by atoms with Crippen LogP contribution in [-0.4, -0.2) is 69.1 Å². The Hall–Kier alpha value is -0.300. The van der Waals surface area contributed by atoms with Gasteiger partial charge >= 0.3 is 0 Å². The Morgan fingerprint density at radius 3 is 2.62 bits per heavy atom. The number of aliphatic hydroxyl groups excluding tert-OH is 3. The van der Waals surface area contributed by atoms with Crippen LogP contribution in [0.1, 0.15) is 6.92 Å². The Balaban J connectivity index is 2.15. The van der Waals surface area contributed by atoms with Crippen molar-refractivity contribution in [1.82, 2.24) is 4.90 Å². The van der Waals surface area contributed by atoms with E-state index in [0.29, 0.717) is 0 Å². The first kappa shape index (κ1) is 12.2. The normalized spacial score (nSPS) is 42.1. The zero-order chi connectivity index (χ0) is 11.9. The molecule has 0 aromatic rings. The SMILES string of the molecule is CCN(C)C1=N[C@@H]2[C@@H](O)[C@H](O)[C@@H](CO)[C@@H]2S1. The molecule has 5 atom stereocenters. The number of rotatable bonds is 2. The Morgan fingerprint density at radius 2 is 2.06 bits per heavy atom. The van der Waals surface area contributed by atoms with Gasteiger partial charge in [-0.1, -0.05) is 11.8 Å². The molecule has 1 heterocycles. The third kappa shape index (κ3) is 1.73. The van der Waals surface area contributed by atoms with E-state index in [-0.39, 0.29) is 23.8 Å². The molecule has 3 N–H and O–H groups in total. The smallest absolute Gasteiger partial charge is 0.159 e. The molecule has 5 nitrogen and oxygen atoms in total. The van der Waals surface area contributed by atoms with Crippen molar-refractivity contribution < 1.29 is 15.3 Å². The van der Waals surface area contributed by atoms with E-state index < -0.39 is 12.2 Å². The number of aliphatic hydroxyl groups is 3. The van der Waals surface area contributed by atoms with Crippen LogP contribution >= 0.6 is 11.8 Å². The van der Waals surface area contributed by atoms with Gasteiger partial charge in [-0.15, -0.1) is 0 Å². The van der Waals surface area contributed by atoms with Crippen molar-refractivity contribution in [1.29, 1.82) is 0 Å². The monoisotopic (exact) mass is 246 g/mol. The number of hydrogen-bond donors (Lipinski definition) is 3. The van der Waals surface area contributed by atoms with Crippen molar-refractivity contribution in [3.05, 3.63) is 0 Å². The minimum atomic E-state index is -0.857. The Bertz CT molecular complexity index is 300. The van der Waals surface area contributed by atoms with E-state index in [1.807, 2.05) is 18.9 Å². The molecule has 0 aromatic heterocycles. The van der Waals surface area contributed by atoms with Crippen molar-refractivity contribution in [2.75, 3.05) is 20.2 Å². The number of fused-ring (bicyclic) bond motifs is 1. The highest BCUT2D eigenvalue weighted by Gasteiger charge is 2.53. The van der Waals surface area contributed by atoms with Crippen molar-refractivity contribution in [2.45, 2.75) is 30.4 Å². The fraction of sp³-hybridized carbons (Fsp3) is 0.900. The van der Waals surface area contributed by atoms with Gasteiger partial charge in [-0.05, 0) is 6.92 Å². The van der Waals surface area contributed by atoms with Crippen LogP contribution in [0.15, 0.2) is 4.99 Å². The van der Waals surface area contributed by atoms with Crippen LogP contribution in [0, 0.1) is 5.92 Å². The average molecular weight is 246 g/mol. The Morgan fingerprint density at radius 1 is 1.38 bits per heavy atom. The highest BCUT2D eigenvalue weighted by molar-refractivity contribution is 8.14. The zero-order valence-corrected chi connectivity index (χ0v) is 10.3. The lowest BCUT2D eigenvalue weighted by Crippen LogP contribution is -2.32. The summed E-state index contributed by atoms with van der Waals surface area (Å²) >= 11 is 1.55. The molecule has 16 heavy (non-hydrogen) atoms. The van der Waals surface area contributed by atoms with Crippen LogP contribution in [-0.2, 0) is 0 Å². The number of thioether (sulfide) groups is 1. The van der Waals surface area contributed by atoms with Crippen LogP contribution in [0.25, 0.3) is 0 Å². The lowest BCUT2D eigenvalue weighted by molar-refractivity contribution is 0.00323. The highest BCUT2D eigenvalue weighted by Crippen LogP contribution is 2.43. The average Bonchev–Trinajstić information content (AvgIpc) is 2.80. The van der Waals surface area contributed by atoms with E-state index in [9.17, 15) is 15.3 Å². The molecule has 2 rings (SSSR count). The Kier molecular flexibility index (Phi) is 3.44. The number of hydrogen-bond acceptors (Lipinski definition) is 6. The van der Waals surface area contributed by atoms with Crippen LogP contribution in [0.5, 0.6) is 0 Å². The maximum absolute atomic E-state index is 9.84. The first-order valence-electron chi connectivity index (χ1n) is 5.52. The van der Waals surface area contributed by atoms with Crippen LogP contribution in [0.4, 0.5) is 0 Å². The van der Waals surface area contributed by atoms with Crippen LogP contribution in [0.2, 0.25) is 0 Å². The fourth-order valence-corrected chi connectivity index (χ4v) is 3.74. The molecule has 0 bridgehead atoms. The van der Waals surface area contributed by atoms with Crippen molar-refractivity contribution in [3.63, 3.8) is 0 Å². The summed E-state index contributed by atoms with van der Waals surface area (Å²) in [6, 6.07) is -0.277.